The van der Waals surface area contributed by atoms with Crippen molar-refractivity contribution in [1.29, 1.82) is 0 Å². The minimum Gasteiger partial charge on any atom is -0.322 e. The SMILES string of the molecule is O=C(Nc1cccc(C#Cc2ccccn2)c1)c1cc(C2CC2)nc2ccccc12. The summed E-state index contributed by atoms with van der Waals surface area (Å²) < 4.78 is 0. The summed E-state index contributed by atoms with van der Waals surface area (Å²) >= 11 is 0. The van der Waals surface area contributed by atoms with E-state index in [1.54, 1.807) is 6.20 Å². The van der Waals surface area contributed by atoms with E-state index in [-0.39, 0.29) is 5.91 Å². The lowest BCUT2D eigenvalue weighted by atomic mass is 10.0. The third-order valence-corrected chi connectivity index (χ3v) is 5.10. The Morgan fingerprint density at radius 1 is 0.933 bits per heavy atom. The normalized spacial score (nSPS) is 12.8. The molecule has 30 heavy (non-hydrogen) atoms. The zero-order chi connectivity index (χ0) is 20.3. The zero-order valence-electron chi connectivity index (χ0n) is 16.3. The van der Waals surface area contributed by atoms with Crippen molar-refractivity contribution in [2.45, 2.75) is 18.8 Å². The smallest absolute Gasteiger partial charge is 0.256 e. The predicted molar refractivity (Wildman–Crippen MR) is 118 cm³/mol. The maximum atomic E-state index is 13.1. The molecule has 2 aromatic carbocycles. The van der Waals surface area contributed by atoms with Crippen molar-refractivity contribution in [3.05, 3.63) is 102 Å². The molecule has 1 fully saturated rings. The molecule has 0 radical (unpaired) electrons. The van der Waals surface area contributed by atoms with Crippen LogP contribution in [0.4, 0.5) is 5.69 Å². The molecule has 4 nitrogen and oxygen atoms in total. The van der Waals surface area contributed by atoms with Gasteiger partial charge in [-0.25, -0.2) is 4.98 Å². The number of hydrogen-bond donors (Lipinski definition) is 1. The minimum atomic E-state index is -0.134. The summed E-state index contributed by atoms with van der Waals surface area (Å²) in [5, 5.41) is 3.89. The molecule has 144 valence electrons. The first-order valence-electron chi connectivity index (χ1n) is 10.0. The number of aromatic nitrogens is 2. The molecule has 5 rings (SSSR count). The number of amides is 1. The largest absolute Gasteiger partial charge is 0.322 e. The van der Waals surface area contributed by atoms with Crippen LogP contribution in [-0.2, 0) is 0 Å². The first-order valence-corrected chi connectivity index (χ1v) is 10.0. The molecular weight excluding hydrogens is 370 g/mol. The molecule has 0 saturated heterocycles. The monoisotopic (exact) mass is 389 g/mol. The summed E-state index contributed by atoms with van der Waals surface area (Å²) in [6.45, 7) is 0. The van der Waals surface area contributed by atoms with Crippen molar-refractivity contribution >= 4 is 22.5 Å². The van der Waals surface area contributed by atoms with Crippen molar-refractivity contribution in [3.8, 4) is 11.8 Å². The van der Waals surface area contributed by atoms with Gasteiger partial charge in [0, 0.05) is 34.4 Å². The molecule has 2 heterocycles. The molecular formula is C26H19N3O. The van der Waals surface area contributed by atoms with Crippen LogP contribution in [0.25, 0.3) is 10.9 Å². The van der Waals surface area contributed by atoms with Crippen LogP contribution < -0.4 is 5.32 Å². The first-order chi connectivity index (χ1) is 14.8. The Hall–Kier alpha value is -3.97. The fourth-order valence-corrected chi connectivity index (χ4v) is 3.42. The number of nitrogens with zero attached hydrogens (tertiary/aromatic N) is 2. The number of anilines is 1. The Labute approximate surface area is 175 Å². The standard InChI is InChI=1S/C26H19N3O/c30-26(23-17-25(19-12-13-19)29-24-10-2-1-9-22(23)24)28-21-8-5-6-18(16-21)11-14-20-7-3-4-15-27-20/h1-10,15-17,19H,12-13H2,(H,28,30). The highest BCUT2D eigenvalue weighted by molar-refractivity contribution is 6.12. The summed E-state index contributed by atoms with van der Waals surface area (Å²) in [5.74, 6) is 6.49. The van der Waals surface area contributed by atoms with E-state index in [0.29, 0.717) is 22.9 Å². The fraction of sp³-hybridized carbons (Fsp3) is 0.115. The lowest BCUT2D eigenvalue weighted by molar-refractivity contribution is 0.102. The molecule has 0 unspecified atom stereocenters. The average Bonchev–Trinajstić information content (AvgIpc) is 3.63. The van der Waals surface area contributed by atoms with Gasteiger partial charge in [-0.2, -0.15) is 0 Å². The molecule has 0 spiro atoms. The number of para-hydroxylation sites is 1. The topological polar surface area (TPSA) is 54.9 Å². The van der Waals surface area contributed by atoms with Gasteiger partial charge in [0.25, 0.3) is 5.91 Å². The zero-order valence-corrected chi connectivity index (χ0v) is 16.3. The van der Waals surface area contributed by atoms with Crippen molar-refractivity contribution in [2.75, 3.05) is 5.32 Å². The molecule has 1 saturated carbocycles. The predicted octanol–water partition coefficient (Wildman–Crippen LogP) is 5.16. The lowest BCUT2D eigenvalue weighted by Crippen LogP contribution is -2.13. The number of carbonyl (C=O) groups is 1. The lowest BCUT2D eigenvalue weighted by Gasteiger charge is -2.10. The quantitative estimate of drug-likeness (QED) is 0.493. The molecule has 0 bridgehead atoms. The summed E-state index contributed by atoms with van der Waals surface area (Å²) in [5.41, 5.74) is 4.77. The third kappa shape index (κ3) is 3.92. The Bertz CT molecular complexity index is 1300. The van der Waals surface area contributed by atoms with Gasteiger partial charge in [0.2, 0.25) is 0 Å². The molecule has 4 aromatic rings. The van der Waals surface area contributed by atoms with Gasteiger partial charge in [0.1, 0.15) is 5.69 Å². The second-order valence-corrected chi connectivity index (χ2v) is 7.39. The van der Waals surface area contributed by atoms with Gasteiger partial charge in [-0.1, -0.05) is 36.3 Å². The van der Waals surface area contributed by atoms with Crippen LogP contribution in [0.15, 0.2) is 79.0 Å². The van der Waals surface area contributed by atoms with E-state index in [1.807, 2.05) is 72.8 Å². The van der Waals surface area contributed by atoms with Gasteiger partial charge in [-0.05, 0) is 61.2 Å². The maximum Gasteiger partial charge on any atom is 0.256 e. The van der Waals surface area contributed by atoms with E-state index in [0.717, 1.165) is 35.0 Å². The number of carbonyl (C=O) groups excluding carboxylic acids is 1. The van der Waals surface area contributed by atoms with Gasteiger partial charge >= 0.3 is 0 Å². The molecule has 0 atom stereocenters. The Kier molecular flexibility index (Phi) is 4.71. The van der Waals surface area contributed by atoms with Crippen molar-refractivity contribution in [2.24, 2.45) is 0 Å². The molecule has 1 N–H and O–H groups in total. The van der Waals surface area contributed by atoms with Crippen molar-refractivity contribution in [1.82, 2.24) is 9.97 Å². The van der Waals surface area contributed by atoms with Gasteiger partial charge in [-0.3, -0.25) is 9.78 Å². The summed E-state index contributed by atoms with van der Waals surface area (Å²) in [6.07, 6.45) is 4.00. The van der Waals surface area contributed by atoms with E-state index in [2.05, 4.69) is 22.1 Å². The number of rotatable bonds is 3. The van der Waals surface area contributed by atoms with E-state index in [9.17, 15) is 4.79 Å². The molecule has 0 aliphatic heterocycles. The van der Waals surface area contributed by atoms with Gasteiger partial charge in [-0.15, -0.1) is 0 Å². The summed E-state index contributed by atoms with van der Waals surface area (Å²) in [7, 11) is 0. The Balaban J connectivity index is 1.43. The first kappa shape index (κ1) is 18.1. The second-order valence-electron chi connectivity index (χ2n) is 7.39. The van der Waals surface area contributed by atoms with Crippen LogP contribution in [0.5, 0.6) is 0 Å². The second kappa shape index (κ2) is 7.81. The summed E-state index contributed by atoms with van der Waals surface area (Å²) in [6, 6.07) is 22.9. The van der Waals surface area contributed by atoms with Crippen LogP contribution in [0, 0.1) is 11.8 Å². The number of pyridine rings is 2. The van der Waals surface area contributed by atoms with Crippen LogP contribution >= 0.6 is 0 Å². The molecule has 2 aromatic heterocycles. The molecule has 1 amide bonds. The third-order valence-electron chi connectivity index (χ3n) is 5.10. The highest BCUT2D eigenvalue weighted by Gasteiger charge is 2.27. The number of hydrogen-bond acceptors (Lipinski definition) is 3. The minimum absolute atomic E-state index is 0.134. The van der Waals surface area contributed by atoms with E-state index in [1.165, 1.54) is 0 Å². The fourth-order valence-electron chi connectivity index (χ4n) is 3.42. The number of nitrogens with one attached hydrogen (secondary N) is 1. The number of fused-ring (bicyclic) bond motifs is 1. The molecule has 1 aliphatic carbocycles. The van der Waals surface area contributed by atoms with Crippen LogP contribution in [0.2, 0.25) is 0 Å². The van der Waals surface area contributed by atoms with Gasteiger partial charge < -0.3 is 5.32 Å². The average molecular weight is 389 g/mol. The van der Waals surface area contributed by atoms with Crippen molar-refractivity contribution in [3.63, 3.8) is 0 Å². The van der Waals surface area contributed by atoms with Gasteiger partial charge in [0.15, 0.2) is 0 Å². The maximum absolute atomic E-state index is 13.1. The van der Waals surface area contributed by atoms with E-state index >= 15 is 0 Å². The highest BCUT2D eigenvalue weighted by Crippen LogP contribution is 2.40. The van der Waals surface area contributed by atoms with Gasteiger partial charge in [0.05, 0.1) is 11.1 Å². The Morgan fingerprint density at radius 2 is 1.80 bits per heavy atom. The number of benzene rings is 2. The summed E-state index contributed by atoms with van der Waals surface area (Å²) in [4.78, 5) is 22.1. The Morgan fingerprint density at radius 3 is 2.63 bits per heavy atom. The van der Waals surface area contributed by atoms with E-state index < -0.39 is 0 Å². The van der Waals surface area contributed by atoms with Crippen LogP contribution in [-0.4, -0.2) is 15.9 Å². The highest BCUT2D eigenvalue weighted by atomic mass is 16.1. The van der Waals surface area contributed by atoms with Crippen LogP contribution in [0.3, 0.4) is 0 Å². The van der Waals surface area contributed by atoms with Crippen molar-refractivity contribution < 1.29 is 4.79 Å². The molecule has 4 heteroatoms. The van der Waals surface area contributed by atoms with Crippen LogP contribution in [0.1, 0.15) is 46.1 Å². The molecule has 1 aliphatic rings. The van der Waals surface area contributed by atoms with E-state index in [4.69, 9.17) is 4.98 Å².